The summed E-state index contributed by atoms with van der Waals surface area (Å²) in [5, 5.41) is 0. The predicted molar refractivity (Wildman–Crippen MR) is 79.5 cm³/mol. The van der Waals surface area contributed by atoms with Gasteiger partial charge in [-0.05, 0) is 45.7 Å². The van der Waals surface area contributed by atoms with Gasteiger partial charge in [-0.2, -0.15) is 0 Å². The van der Waals surface area contributed by atoms with Gasteiger partial charge < -0.3 is 20.3 Å². The number of piperidine rings is 1. The van der Waals surface area contributed by atoms with Crippen LogP contribution in [0.1, 0.15) is 38.5 Å². The molecule has 1 unspecified atom stereocenters. The largest absolute Gasteiger partial charge is 0.381 e. The normalized spacial score (nSPS) is 27.2. The van der Waals surface area contributed by atoms with Gasteiger partial charge in [0.25, 0.3) is 0 Å². The first kappa shape index (κ1) is 15.7. The van der Waals surface area contributed by atoms with Crippen LogP contribution in [0.25, 0.3) is 0 Å². The first-order chi connectivity index (χ1) is 9.53. The number of hydrogen-bond donors (Lipinski definition) is 1. The summed E-state index contributed by atoms with van der Waals surface area (Å²) in [5.41, 5.74) is 5.56. The molecule has 0 radical (unpaired) electrons. The number of ether oxygens (including phenoxy) is 1. The summed E-state index contributed by atoms with van der Waals surface area (Å²) in [4.78, 5) is 16.8. The van der Waals surface area contributed by atoms with Crippen molar-refractivity contribution in [1.82, 2.24) is 9.80 Å². The predicted octanol–water partition coefficient (Wildman–Crippen LogP) is 0.827. The van der Waals surface area contributed by atoms with Crippen molar-refractivity contribution in [3.8, 4) is 0 Å². The Hall–Kier alpha value is -0.650. The van der Waals surface area contributed by atoms with Crippen LogP contribution >= 0.6 is 0 Å². The number of nitrogens with zero attached hydrogens (tertiary/aromatic N) is 2. The van der Waals surface area contributed by atoms with Gasteiger partial charge in [0.1, 0.15) is 0 Å². The third-order valence-corrected chi connectivity index (χ3v) is 4.88. The molecule has 0 aromatic carbocycles. The number of rotatable bonds is 4. The number of hydrogen-bond acceptors (Lipinski definition) is 4. The van der Waals surface area contributed by atoms with Gasteiger partial charge in [-0.1, -0.05) is 6.42 Å². The minimum atomic E-state index is -0.703. The van der Waals surface area contributed by atoms with E-state index in [2.05, 4.69) is 11.9 Å². The zero-order valence-electron chi connectivity index (χ0n) is 12.9. The molecule has 5 nitrogen and oxygen atoms in total. The minimum absolute atomic E-state index is 0.0827. The minimum Gasteiger partial charge on any atom is -0.381 e. The summed E-state index contributed by atoms with van der Waals surface area (Å²) in [6, 6.07) is 0.613. The molecule has 2 saturated heterocycles. The van der Waals surface area contributed by atoms with Crippen molar-refractivity contribution >= 4 is 5.91 Å². The monoisotopic (exact) mass is 283 g/mol. The summed E-state index contributed by atoms with van der Waals surface area (Å²) in [6.07, 6.45) is 6.18. The second kappa shape index (κ2) is 6.87. The van der Waals surface area contributed by atoms with Gasteiger partial charge in [0, 0.05) is 32.8 Å². The number of carbonyl (C=O) groups excluding carboxylic acids is 1. The summed E-state index contributed by atoms with van der Waals surface area (Å²) >= 11 is 0. The van der Waals surface area contributed by atoms with Crippen molar-refractivity contribution in [2.45, 2.75) is 50.1 Å². The van der Waals surface area contributed by atoms with E-state index in [1.54, 1.807) is 0 Å². The van der Waals surface area contributed by atoms with Crippen LogP contribution in [0.2, 0.25) is 0 Å². The Bertz CT molecular complexity index is 329. The molecule has 2 rings (SSSR count). The summed E-state index contributed by atoms with van der Waals surface area (Å²) < 4.78 is 5.31. The van der Waals surface area contributed by atoms with E-state index in [1.807, 2.05) is 11.9 Å². The molecule has 2 N–H and O–H groups in total. The maximum absolute atomic E-state index is 12.5. The van der Waals surface area contributed by atoms with Crippen LogP contribution < -0.4 is 5.73 Å². The molecule has 1 atom stereocenters. The van der Waals surface area contributed by atoms with Crippen molar-refractivity contribution in [2.75, 3.05) is 40.4 Å². The van der Waals surface area contributed by atoms with Crippen molar-refractivity contribution in [3.63, 3.8) is 0 Å². The highest BCUT2D eigenvalue weighted by atomic mass is 16.5. The summed E-state index contributed by atoms with van der Waals surface area (Å²) in [5.74, 6) is 0.0827. The Morgan fingerprint density at radius 1 is 1.40 bits per heavy atom. The van der Waals surface area contributed by atoms with Crippen LogP contribution in [0, 0.1) is 0 Å². The molecule has 0 spiro atoms. The molecule has 0 bridgehead atoms. The zero-order chi connectivity index (χ0) is 14.6. The molecule has 2 heterocycles. The van der Waals surface area contributed by atoms with Gasteiger partial charge >= 0.3 is 0 Å². The van der Waals surface area contributed by atoms with Crippen LogP contribution in [-0.2, 0) is 9.53 Å². The molecule has 116 valence electrons. The molecular formula is C15H29N3O2. The van der Waals surface area contributed by atoms with E-state index in [9.17, 15) is 4.79 Å². The molecule has 1 amide bonds. The molecule has 5 heteroatoms. The van der Waals surface area contributed by atoms with Gasteiger partial charge in [0.15, 0.2) is 0 Å². The lowest BCUT2D eigenvalue weighted by Gasteiger charge is -2.37. The van der Waals surface area contributed by atoms with Crippen LogP contribution in [0.15, 0.2) is 0 Å². The highest BCUT2D eigenvalue weighted by Crippen LogP contribution is 2.22. The Morgan fingerprint density at radius 2 is 2.10 bits per heavy atom. The third kappa shape index (κ3) is 3.71. The molecule has 0 aromatic heterocycles. The standard InChI is InChI=1S/C15H29N3O2/c1-17-9-4-3-5-13(17)6-10-18(2)14(19)15(16)7-11-20-12-8-15/h13H,3-12,16H2,1-2H3. The molecular weight excluding hydrogens is 254 g/mol. The van der Waals surface area contributed by atoms with Crippen molar-refractivity contribution in [2.24, 2.45) is 5.73 Å². The number of likely N-dealkylation sites (tertiary alicyclic amines) is 1. The Labute approximate surface area is 122 Å². The second-order valence-corrected chi connectivity index (χ2v) is 6.41. The fourth-order valence-electron chi connectivity index (χ4n) is 3.28. The molecule has 2 fully saturated rings. The van der Waals surface area contributed by atoms with E-state index in [0.29, 0.717) is 32.1 Å². The number of carbonyl (C=O) groups is 1. The van der Waals surface area contributed by atoms with Crippen LogP contribution in [0.3, 0.4) is 0 Å². The summed E-state index contributed by atoms with van der Waals surface area (Å²) in [6.45, 7) is 3.18. The highest BCUT2D eigenvalue weighted by Gasteiger charge is 2.37. The van der Waals surface area contributed by atoms with E-state index in [0.717, 1.165) is 13.0 Å². The highest BCUT2D eigenvalue weighted by molar-refractivity contribution is 5.86. The number of amides is 1. The van der Waals surface area contributed by atoms with Crippen molar-refractivity contribution < 1.29 is 9.53 Å². The molecule has 20 heavy (non-hydrogen) atoms. The van der Waals surface area contributed by atoms with Gasteiger partial charge in [0.05, 0.1) is 5.54 Å². The first-order valence-corrected chi connectivity index (χ1v) is 7.85. The average Bonchev–Trinajstić information content (AvgIpc) is 2.46. The van der Waals surface area contributed by atoms with Crippen molar-refractivity contribution in [1.29, 1.82) is 0 Å². The van der Waals surface area contributed by atoms with Crippen molar-refractivity contribution in [3.05, 3.63) is 0 Å². The third-order valence-electron chi connectivity index (χ3n) is 4.88. The van der Waals surface area contributed by atoms with E-state index < -0.39 is 5.54 Å². The molecule has 2 aliphatic heterocycles. The van der Waals surface area contributed by atoms with Crippen LogP contribution in [-0.4, -0.2) is 67.7 Å². The fraction of sp³-hybridized carbons (Fsp3) is 0.933. The van der Waals surface area contributed by atoms with Crippen LogP contribution in [0.4, 0.5) is 0 Å². The topological polar surface area (TPSA) is 58.8 Å². The second-order valence-electron chi connectivity index (χ2n) is 6.41. The average molecular weight is 283 g/mol. The van der Waals surface area contributed by atoms with Gasteiger partial charge in [-0.25, -0.2) is 0 Å². The number of nitrogens with two attached hydrogens (primary N) is 1. The lowest BCUT2D eigenvalue weighted by molar-refractivity contribution is -0.139. The number of likely N-dealkylation sites (N-methyl/N-ethyl adjacent to an activating group) is 1. The maximum Gasteiger partial charge on any atom is 0.242 e. The van der Waals surface area contributed by atoms with Gasteiger partial charge in [-0.3, -0.25) is 4.79 Å². The molecule has 0 aromatic rings. The van der Waals surface area contributed by atoms with E-state index in [-0.39, 0.29) is 5.91 Å². The zero-order valence-corrected chi connectivity index (χ0v) is 12.9. The molecule has 2 aliphatic rings. The SMILES string of the molecule is CN(CCC1CCCCN1C)C(=O)C1(N)CCOCC1. The Balaban J connectivity index is 1.81. The lowest BCUT2D eigenvalue weighted by atomic mass is 9.89. The summed E-state index contributed by atoms with van der Waals surface area (Å²) in [7, 11) is 4.07. The molecule has 0 saturated carbocycles. The Morgan fingerprint density at radius 3 is 2.75 bits per heavy atom. The van der Waals surface area contributed by atoms with Crippen LogP contribution in [0.5, 0.6) is 0 Å². The fourth-order valence-corrected chi connectivity index (χ4v) is 3.28. The first-order valence-electron chi connectivity index (χ1n) is 7.85. The van der Waals surface area contributed by atoms with E-state index in [4.69, 9.17) is 10.5 Å². The quantitative estimate of drug-likeness (QED) is 0.830. The smallest absolute Gasteiger partial charge is 0.242 e. The Kier molecular flexibility index (Phi) is 5.41. The van der Waals surface area contributed by atoms with E-state index >= 15 is 0 Å². The molecule has 0 aliphatic carbocycles. The van der Waals surface area contributed by atoms with E-state index in [1.165, 1.54) is 25.8 Å². The van der Waals surface area contributed by atoms with Gasteiger partial charge in [0.2, 0.25) is 5.91 Å². The lowest BCUT2D eigenvalue weighted by Crippen LogP contribution is -2.57. The maximum atomic E-state index is 12.5. The van der Waals surface area contributed by atoms with Gasteiger partial charge in [-0.15, -0.1) is 0 Å².